The van der Waals surface area contributed by atoms with Crippen molar-refractivity contribution in [3.8, 4) is 0 Å². The van der Waals surface area contributed by atoms with Crippen LogP contribution in [0.5, 0.6) is 0 Å². The first kappa shape index (κ1) is 13.2. The zero-order valence-corrected chi connectivity index (χ0v) is 12.7. The van der Waals surface area contributed by atoms with Gasteiger partial charge >= 0.3 is 5.91 Å². The molecular weight excluding hydrogens is 298 g/mol. The van der Waals surface area contributed by atoms with Gasteiger partial charge in [0.05, 0.1) is 11.4 Å². The van der Waals surface area contributed by atoms with Crippen LogP contribution in [0.4, 0.5) is 11.4 Å². The summed E-state index contributed by atoms with van der Waals surface area (Å²) in [6, 6.07) is 5.57. The van der Waals surface area contributed by atoms with Gasteiger partial charge < -0.3 is 14.5 Å². The molecule has 1 amide bonds. The maximum absolute atomic E-state index is 12.2. The Bertz CT molecular complexity index is 674. The van der Waals surface area contributed by atoms with Crippen LogP contribution in [0.15, 0.2) is 29.8 Å². The highest BCUT2D eigenvalue weighted by Crippen LogP contribution is 2.43. The van der Waals surface area contributed by atoms with E-state index in [1.54, 1.807) is 7.05 Å². The van der Waals surface area contributed by atoms with Crippen LogP contribution in [0.1, 0.15) is 0 Å². The lowest BCUT2D eigenvalue weighted by molar-refractivity contribution is -0.122. The van der Waals surface area contributed by atoms with Crippen molar-refractivity contribution >= 4 is 46.3 Å². The van der Waals surface area contributed by atoms with Gasteiger partial charge in [0.1, 0.15) is 0 Å². The third-order valence-corrected chi connectivity index (χ3v) is 4.05. The molecular formula is C13H12ClN3O2S. The topological polar surface area (TPSA) is 36.0 Å². The molecule has 2 aliphatic heterocycles. The molecule has 20 heavy (non-hydrogen) atoms. The molecule has 0 bridgehead atoms. The Morgan fingerprint density at radius 3 is 2.35 bits per heavy atom. The van der Waals surface area contributed by atoms with Gasteiger partial charge in [0.25, 0.3) is 5.17 Å². The van der Waals surface area contributed by atoms with Crippen LogP contribution < -0.4 is 9.80 Å². The van der Waals surface area contributed by atoms with Crippen LogP contribution in [0.2, 0.25) is 5.02 Å². The van der Waals surface area contributed by atoms with Gasteiger partial charge in [0, 0.05) is 26.2 Å². The maximum Gasteiger partial charge on any atom is 0.300 e. The molecule has 0 unspecified atom stereocenters. The number of thiocarbonyl (C=S) groups is 1. The Morgan fingerprint density at radius 2 is 1.75 bits per heavy atom. The molecule has 0 spiro atoms. The first-order valence-corrected chi connectivity index (χ1v) is 6.71. The minimum atomic E-state index is -0.248. The predicted octanol–water partition coefficient (Wildman–Crippen LogP) is 2.17. The van der Waals surface area contributed by atoms with Crippen LogP contribution in [-0.4, -0.2) is 37.1 Å². The molecule has 0 aliphatic carbocycles. The monoisotopic (exact) mass is 309 g/mol. The van der Waals surface area contributed by atoms with E-state index < -0.39 is 0 Å². The zero-order chi connectivity index (χ0) is 14.6. The largest absolute Gasteiger partial charge is 0.422 e. The fourth-order valence-electron chi connectivity index (χ4n) is 2.38. The Kier molecular flexibility index (Phi) is 2.88. The number of hydrogen-bond donors (Lipinski definition) is 0. The summed E-state index contributed by atoms with van der Waals surface area (Å²) >= 11 is 11.0. The van der Waals surface area contributed by atoms with E-state index in [2.05, 4.69) is 0 Å². The van der Waals surface area contributed by atoms with Crippen molar-refractivity contribution in [2.45, 2.75) is 0 Å². The van der Waals surface area contributed by atoms with Crippen molar-refractivity contribution in [1.29, 1.82) is 0 Å². The van der Waals surface area contributed by atoms with Crippen LogP contribution in [0.3, 0.4) is 0 Å². The van der Waals surface area contributed by atoms with Gasteiger partial charge in [-0.25, -0.2) is 0 Å². The van der Waals surface area contributed by atoms with E-state index in [9.17, 15) is 4.79 Å². The third-order valence-electron chi connectivity index (χ3n) is 3.46. The van der Waals surface area contributed by atoms with E-state index in [-0.39, 0.29) is 16.8 Å². The predicted molar refractivity (Wildman–Crippen MR) is 81.7 cm³/mol. The average molecular weight is 310 g/mol. The number of rotatable bonds is 0. The van der Waals surface area contributed by atoms with Crippen LogP contribution >= 0.6 is 23.8 Å². The van der Waals surface area contributed by atoms with E-state index in [1.165, 1.54) is 4.90 Å². The molecule has 1 saturated heterocycles. The minimum absolute atomic E-state index is 0.160. The van der Waals surface area contributed by atoms with E-state index in [0.29, 0.717) is 10.8 Å². The number of fused-ring (bicyclic) bond motifs is 1. The Hall–Kier alpha value is -1.79. The third kappa shape index (κ3) is 1.68. The van der Waals surface area contributed by atoms with Crippen LogP contribution in [0.25, 0.3) is 0 Å². The van der Waals surface area contributed by atoms with Crippen molar-refractivity contribution in [1.82, 2.24) is 4.90 Å². The molecule has 0 N–H and O–H groups in total. The van der Waals surface area contributed by atoms with E-state index in [1.807, 2.05) is 42.1 Å². The van der Waals surface area contributed by atoms with Gasteiger partial charge in [-0.1, -0.05) is 11.6 Å². The standard InChI is InChI=1S/C13H12ClN3O2S/c1-15-8-5-4-7(14)6-9(8)16(2)11(15)10-12(18)17(3)13(20)19-10/h4-6H,1-3H3. The average Bonchev–Trinajstić information content (AvgIpc) is 2.79. The Balaban J connectivity index is 2.15. The molecule has 0 atom stereocenters. The number of ether oxygens (including phenoxy) is 1. The Labute approximate surface area is 127 Å². The summed E-state index contributed by atoms with van der Waals surface area (Å²) in [6.07, 6.45) is 0. The van der Waals surface area contributed by atoms with Crippen molar-refractivity contribution in [3.05, 3.63) is 34.8 Å². The number of anilines is 2. The second-order valence-electron chi connectivity index (χ2n) is 4.64. The normalized spacial score (nSPS) is 21.7. The van der Waals surface area contributed by atoms with Gasteiger partial charge in [0.2, 0.25) is 5.76 Å². The molecule has 0 saturated carbocycles. The second kappa shape index (κ2) is 4.36. The number of carbonyl (C=O) groups is 1. The minimum Gasteiger partial charge on any atom is -0.422 e. The Morgan fingerprint density at radius 1 is 1.10 bits per heavy atom. The highest BCUT2D eigenvalue weighted by Gasteiger charge is 2.39. The van der Waals surface area contributed by atoms with Crippen molar-refractivity contribution in [2.24, 2.45) is 0 Å². The van der Waals surface area contributed by atoms with Crippen molar-refractivity contribution < 1.29 is 9.53 Å². The molecule has 1 aromatic carbocycles. The summed E-state index contributed by atoms with van der Waals surface area (Å²) in [5.74, 6) is 0.636. The SMILES string of the molecule is CN1C(=O)C(=C2N(C)c3ccc(Cl)cc3N2C)OC1=S. The maximum atomic E-state index is 12.2. The number of likely N-dealkylation sites (N-methyl/N-ethyl adjacent to an activating group) is 1. The number of nitrogens with zero attached hydrogens (tertiary/aromatic N) is 3. The molecule has 0 radical (unpaired) electrons. The number of amides is 1. The molecule has 2 aliphatic rings. The van der Waals surface area contributed by atoms with Gasteiger partial charge in [-0.15, -0.1) is 0 Å². The molecule has 104 valence electrons. The van der Waals surface area contributed by atoms with Crippen molar-refractivity contribution in [2.75, 3.05) is 30.9 Å². The first-order chi connectivity index (χ1) is 9.41. The molecule has 3 rings (SSSR count). The lowest BCUT2D eigenvalue weighted by atomic mass is 10.2. The molecule has 2 heterocycles. The van der Waals surface area contributed by atoms with Crippen LogP contribution in [0, 0.1) is 0 Å². The summed E-state index contributed by atoms with van der Waals surface area (Å²) in [5, 5.41) is 0.801. The van der Waals surface area contributed by atoms with E-state index in [0.717, 1.165) is 11.4 Å². The summed E-state index contributed by atoms with van der Waals surface area (Å²) in [5.41, 5.74) is 1.87. The van der Waals surface area contributed by atoms with Gasteiger partial charge in [-0.3, -0.25) is 9.69 Å². The van der Waals surface area contributed by atoms with Gasteiger partial charge in [0.15, 0.2) is 5.82 Å². The fraction of sp³-hybridized carbons (Fsp3) is 0.231. The lowest BCUT2D eigenvalue weighted by Gasteiger charge is -2.18. The zero-order valence-electron chi connectivity index (χ0n) is 11.2. The summed E-state index contributed by atoms with van der Waals surface area (Å²) < 4.78 is 5.44. The molecule has 1 aromatic rings. The van der Waals surface area contributed by atoms with Crippen LogP contribution in [-0.2, 0) is 9.53 Å². The van der Waals surface area contributed by atoms with Gasteiger partial charge in [-0.2, -0.15) is 0 Å². The smallest absolute Gasteiger partial charge is 0.300 e. The number of hydrogen-bond acceptors (Lipinski definition) is 5. The molecule has 1 fully saturated rings. The van der Waals surface area contributed by atoms with E-state index >= 15 is 0 Å². The second-order valence-corrected chi connectivity index (χ2v) is 5.42. The fourth-order valence-corrected chi connectivity index (χ4v) is 2.72. The number of benzene rings is 1. The molecule has 7 heteroatoms. The lowest BCUT2D eigenvalue weighted by Crippen LogP contribution is -2.28. The molecule has 5 nitrogen and oxygen atoms in total. The van der Waals surface area contributed by atoms with Gasteiger partial charge in [-0.05, 0) is 30.4 Å². The summed E-state index contributed by atoms with van der Waals surface area (Å²) in [4.78, 5) is 17.3. The highest BCUT2D eigenvalue weighted by molar-refractivity contribution is 7.80. The van der Waals surface area contributed by atoms with E-state index in [4.69, 9.17) is 28.6 Å². The number of carbonyl (C=O) groups excluding carboxylic acids is 1. The van der Waals surface area contributed by atoms with Crippen molar-refractivity contribution in [3.63, 3.8) is 0 Å². The quantitative estimate of drug-likeness (QED) is 0.542. The highest BCUT2D eigenvalue weighted by atomic mass is 35.5. The summed E-state index contributed by atoms with van der Waals surface area (Å²) in [6.45, 7) is 0. The first-order valence-electron chi connectivity index (χ1n) is 5.93. The number of halogens is 1. The molecule has 0 aromatic heterocycles. The summed E-state index contributed by atoms with van der Waals surface area (Å²) in [7, 11) is 5.33.